The van der Waals surface area contributed by atoms with Gasteiger partial charge in [0.2, 0.25) is 0 Å². The molecule has 0 aromatic carbocycles. The number of rotatable bonds is 5. The molecule has 0 aliphatic heterocycles. The Morgan fingerprint density at radius 3 is 2.83 bits per heavy atom. The van der Waals surface area contributed by atoms with Crippen LogP contribution in [0.4, 0.5) is 10.6 Å². The average Bonchev–Trinajstić information content (AvgIpc) is 3.12. The first kappa shape index (κ1) is 15.7. The normalized spacial score (nSPS) is 10.6. The van der Waals surface area contributed by atoms with E-state index in [-0.39, 0.29) is 12.6 Å². The maximum Gasteiger partial charge on any atom is 0.320 e. The second kappa shape index (κ2) is 6.95. The van der Waals surface area contributed by atoms with Gasteiger partial charge in [-0.25, -0.2) is 9.48 Å². The van der Waals surface area contributed by atoms with Crippen LogP contribution in [-0.2, 0) is 13.1 Å². The zero-order valence-corrected chi connectivity index (χ0v) is 13.5. The number of aromatic nitrogens is 4. The largest absolute Gasteiger partial charge is 0.361 e. The van der Waals surface area contributed by atoms with E-state index >= 15 is 0 Å². The first-order valence-corrected chi connectivity index (χ1v) is 7.51. The Hall–Kier alpha value is -3.16. The summed E-state index contributed by atoms with van der Waals surface area (Å²) in [4.78, 5) is 16.3. The van der Waals surface area contributed by atoms with Crippen molar-refractivity contribution in [3.05, 3.63) is 59.4 Å². The molecule has 0 saturated carbocycles. The van der Waals surface area contributed by atoms with Crippen molar-refractivity contribution in [1.82, 2.24) is 25.2 Å². The van der Waals surface area contributed by atoms with Crippen LogP contribution in [0.15, 0.2) is 41.1 Å². The monoisotopic (exact) mass is 326 g/mol. The molecule has 0 fully saturated rings. The van der Waals surface area contributed by atoms with Gasteiger partial charge in [-0.05, 0) is 26.0 Å². The lowest BCUT2D eigenvalue weighted by Crippen LogP contribution is -2.29. The highest BCUT2D eigenvalue weighted by molar-refractivity contribution is 5.88. The molecule has 2 N–H and O–H groups in total. The minimum atomic E-state index is -0.335. The highest BCUT2D eigenvalue weighted by Gasteiger charge is 2.10. The molecule has 0 bridgehead atoms. The van der Waals surface area contributed by atoms with Crippen molar-refractivity contribution in [2.24, 2.45) is 0 Å². The molecule has 24 heavy (non-hydrogen) atoms. The maximum atomic E-state index is 12.1. The first-order chi connectivity index (χ1) is 11.6. The molecule has 8 nitrogen and oxygen atoms in total. The van der Waals surface area contributed by atoms with E-state index in [0.717, 1.165) is 11.4 Å². The average molecular weight is 326 g/mol. The molecule has 3 heterocycles. The summed E-state index contributed by atoms with van der Waals surface area (Å²) < 4.78 is 6.67. The molecule has 2 amide bonds. The number of hydrogen-bond acceptors (Lipinski definition) is 5. The summed E-state index contributed by atoms with van der Waals surface area (Å²) in [5.74, 6) is 1.31. The number of urea groups is 1. The molecule has 3 aromatic heterocycles. The summed E-state index contributed by atoms with van der Waals surface area (Å²) in [5, 5.41) is 13.7. The van der Waals surface area contributed by atoms with Crippen LogP contribution < -0.4 is 10.6 Å². The van der Waals surface area contributed by atoms with E-state index in [4.69, 9.17) is 4.52 Å². The van der Waals surface area contributed by atoms with Gasteiger partial charge in [0, 0.05) is 18.3 Å². The Kier molecular flexibility index (Phi) is 4.55. The van der Waals surface area contributed by atoms with Crippen LogP contribution >= 0.6 is 0 Å². The molecule has 124 valence electrons. The van der Waals surface area contributed by atoms with Crippen molar-refractivity contribution in [1.29, 1.82) is 0 Å². The van der Waals surface area contributed by atoms with E-state index < -0.39 is 0 Å². The van der Waals surface area contributed by atoms with Crippen molar-refractivity contribution in [3.8, 4) is 0 Å². The third-order valence-electron chi connectivity index (χ3n) is 3.29. The molecule has 0 spiro atoms. The Balaban J connectivity index is 1.63. The Morgan fingerprint density at radius 1 is 1.25 bits per heavy atom. The summed E-state index contributed by atoms with van der Waals surface area (Å²) in [5.41, 5.74) is 2.34. The fourth-order valence-electron chi connectivity index (χ4n) is 2.24. The Bertz CT molecular complexity index is 824. The predicted molar refractivity (Wildman–Crippen MR) is 87.4 cm³/mol. The van der Waals surface area contributed by atoms with Crippen molar-refractivity contribution in [3.63, 3.8) is 0 Å². The van der Waals surface area contributed by atoms with E-state index in [2.05, 4.69) is 25.9 Å². The Labute approximate surface area is 138 Å². The van der Waals surface area contributed by atoms with Crippen molar-refractivity contribution in [2.45, 2.75) is 26.9 Å². The lowest BCUT2D eigenvalue weighted by molar-refractivity contribution is 0.251. The highest BCUT2D eigenvalue weighted by atomic mass is 16.5. The van der Waals surface area contributed by atoms with E-state index in [1.54, 1.807) is 23.9 Å². The van der Waals surface area contributed by atoms with Gasteiger partial charge in [0.25, 0.3) is 0 Å². The fraction of sp³-hybridized carbons (Fsp3) is 0.250. The van der Waals surface area contributed by atoms with Gasteiger partial charge in [-0.2, -0.15) is 5.10 Å². The van der Waals surface area contributed by atoms with Gasteiger partial charge in [-0.3, -0.25) is 10.3 Å². The van der Waals surface area contributed by atoms with E-state index in [9.17, 15) is 4.79 Å². The smallest absolute Gasteiger partial charge is 0.320 e. The number of anilines is 1. The summed E-state index contributed by atoms with van der Waals surface area (Å²) in [6.45, 7) is 4.44. The molecule has 0 aliphatic carbocycles. The second-order valence-electron chi connectivity index (χ2n) is 5.39. The van der Waals surface area contributed by atoms with Gasteiger partial charge in [0.15, 0.2) is 0 Å². The van der Waals surface area contributed by atoms with Crippen LogP contribution in [0.2, 0.25) is 0 Å². The number of nitrogens with zero attached hydrogens (tertiary/aromatic N) is 4. The third-order valence-corrected chi connectivity index (χ3v) is 3.29. The number of amides is 2. The zero-order chi connectivity index (χ0) is 16.9. The molecule has 8 heteroatoms. The Morgan fingerprint density at radius 2 is 2.12 bits per heavy atom. The van der Waals surface area contributed by atoms with Crippen LogP contribution in [0.25, 0.3) is 0 Å². The van der Waals surface area contributed by atoms with Crippen LogP contribution in [0.3, 0.4) is 0 Å². The van der Waals surface area contributed by atoms with Crippen LogP contribution in [0.5, 0.6) is 0 Å². The van der Waals surface area contributed by atoms with E-state index in [1.807, 2.05) is 31.2 Å². The molecule has 0 aliphatic rings. The zero-order valence-electron chi connectivity index (χ0n) is 13.5. The second-order valence-corrected chi connectivity index (χ2v) is 5.39. The molecule has 0 unspecified atom stereocenters. The molecule has 3 rings (SSSR count). The summed E-state index contributed by atoms with van der Waals surface area (Å²) in [6.07, 6.45) is 1.73. The highest BCUT2D eigenvalue weighted by Crippen LogP contribution is 2.12. The van der Waals surface area contributed by atoms with E-state index in [1.165, 1.54) is 0 Å². The van der Waals surface area contributed by atoms with Gasteiger partial charge in [0.05, 0.1) is 24.5 Å². The molecule has 3 aromatic rings. The molecular formula is C16H18N6O2. The van der Waals surface area contributed by atoms with Gasteiger partial charge in [0.1, 0.15) is 17.3 Å². The minimum absolute atomic E-state index is 0.288. The molecule has 0 radical (unpaired) electrons. The van der Waals surface area contributed by atoms with E-state index in [0.29, 0.717) is 23.8 Å². The topological polar surface area (TPSA) is 97.9 Å². The van der Waals surface area contributed by atoms with Crippen LogP contribution in [0, 0.1) is 13.8 Å². The van der Waals surface area contributed by atoms with Gasteiger partial charge in [-0.15, -0.1) is 0 Å². The third kappa shape index (κ3) is 3.97. The minimum Gasteiger partial charge on any atom is -0.361 e. The number of pyridine rings is 1. The quantitative estimate of drug-likeness (QED) is 0.749. The maximum absolute atomic E-state index is 12.1. The predicted octanol–water partition coefficient (Wildman–Crippen LogP) is 2.25. The summed E-state index contributed by atoms with van der Waals surface area (Å²) in [7, 11) is 0. The summed E-state index contributed by atoms with van der Waals surface area (Å²) in [6, 6.07) is 8.93. The first-order valence-electron chi connectivity index (χ1n) is 7.51. The van der Waals surface area contributed by atoms with Crippen molar-refractivity contribution in [2.75, 3.05) is 5.32 Å². The number of nitrogens with one attached hydrogen (secondary N) is 2. The fourth-order valence-corrected chi connectivity index (χ4v) is 2.24. The molecule has 0 saturated heterocycles. The number of carbonyl (C=O) groups excluding carboxylic acids is 1. The molecule has 0 atom stereocenters. The van der Waals surface area contributed by atoms with Gasteiger partial charge in [-0.1, -0.05) is 11.2 Å². The SMILES string of the molecule is Cc1cc(NC(=O)NCc2cc(C)on2)n(Cc2ccccn2)n1. The van der Waals surface area contributed by atoms with Gasteiger partial charge < -0.3 is 9.84 Å². The lowest BCUT2D eigenvalue weighted by atomic mass is 10.3. The van der Waals surface area contributed by atoms with Crippen LogP contribution in [0.1, 0.15) is 22.8 Å². The number of aryl methyl sites for hydroxylation is 2. The number of hydrogen-bond donors (Lipinski definition) is 2. The lowest BCUT2D eigenvalue weighted by Gasteiger charge is -2.09. The van der Waals surface area contributed by atoms with Crippen LogP contribution in [-0.4, -0.2) is 26.0 Å². The number of carbonyl (C=O) groups is 1. The molecular weight excluding hydrogens is 308 g/mol. The van der Waals surface area contributed by atoms with Crippen molar-refractivity contribution >= 4 is 11.8 Å². The van der Waals surface area contributed by atoms with Crippen molar-refractivity contribution < 1.29 is 9.32 Å². The standard InChI is InChI=1S/C16H18N6O2/c1-11-7-15(22(20-11)10-13-5-3-4-6-17-13)19-16(23)18-9-14-8-12(2)24-21-14/h3-8H,9-10H2,1-2H3,(H2,18,19,23). The van der Waals surface area contributed by atoms with Gasteiger partial charge >= 0.3 is 6.03 Å². The summed E-state index contributed by atoms with van der Waals surface area (Å²) >= 11 is 0.